The Morgan fingerprint density at radius 2 is 1.82 bits per heavy atom. The van der Waals surface area contributed by atoms with Crippen molar-refractivity contribution in [3.63, 3.8) is 0 Å². The fraction of sp³-hybridized carbons (Fsp3) is 0.909. The largest absolute Gasteiger partial charge is 0.322 e. The number of nitrogens with zero attached hydrogens (tertiary/aromatic N) is 1. The average molecular weight is 282 g/mol. The Kier molecular flexibility index (Phi) is 3.85. The van der Waals surface area contributed by atoms with Crippen LogP contribution in [0.25, 0.3) is 0 Å². The molecule has 0 saturated carbocycles. The van der Waals surface area contributed by atoms with Gasteiger partial charge in [0, 0.05) is 16.7 Å². The second-order valence-electron chi connectivity index (χ2n) is 5.71. The minimum atomic E-state index is -3.68. The molecule has 0 aromatic heterocycles. The van der Waals surface area contributed by atoms with Crippen LogP contribution in [0.1, 0.15) is 34.6 Å². The van der Waals surface area contributed by atoms with Crippen LogP contribution in [0.2, 0.25) is 0 Å². The van der Waals surface area contributed by atoms with Crippen molar-refractivity contribution >= 4 is 25.6 Å². The number of carbonyl (C=O) groups is 1. The molecule has 1 aliphatic heterocycles. The van der Waals surface area contributed by atoms with E-state index in [-0.39, 0.29) is 17.9 Å². The molecule has 4 nitrogen and oxygen atoms in total. The maximum atomic E-state index is 11.9. The first-order valence-electron chi connectivity index (χ1n) is 5.72. The second kappa shape index (κ2) is 4.43. The Balaban J connectivity index is 2.95. The van der Waals surface area contributed by atoms with Gasteiger partial charge in [-0.15, -0.1) is 0 Å². The highest BCUT2D eigenvalue weighted by molar-refractivity contribution is 8.13. The van der Waals surface area contributed by atoms with Crippen molar-refractivity contribution in [2.24, 2.45) is 17.3 Å². The molecule has 1 saturated heterocycles. The van der Waals surface area contributed by atoms with Crippen molar-refractivity contribution in [1.82, 2.24) is 4.90 Å². The summed E-state index contributed by atoms with van der Waals surface area (Å²) in [6, 6.07) is -0.0662. The van der Waals surface area contributed by atoms with E-state index in [0.29, 0.717) is 5.92 Å². The molecular weight excluding hydrogens is 262 g/mol. The smallest absolute Gasteiger partial charge is 0.250 e. The number of β-lactam (4-membered cyclic amide) rings is 1. The second-order valence-corrected chi connectivity index (χ2v) is 8.46. The van der Waals surface area contributed by atoms with Crippen LogP contribution in [0.15, 0.2) is 0 Å². The quantitative estimate of drug-likeness (QED) is 0.585. The molecule has 0 spiro atoms. The van der Waals surface area contributed by atoms with Crippen LogP contribution < -0.4 is 0 Å². The van der Waals surface area contributed by atoms with Crippen molar-refractivity contribution in [2.75, 3.05) is 5.88 Å². The highest BCUT2D eigenvalue weighted by Gasteiger charge is 2.57. The molecule has 0 aromatic carbocycles. The zero-order valence-corrected chi connectivity index (χ0v) is 12.5. The Morgan fingerprint density at radius 1 is 1.35 bits per heavy atom. The van der Waals surface area contributed by atoms with Crippen LogP contribution in [0.5, 0.6) is 0 Å². The lowest BCUT2D eigenvalue weighted by atomic mass is 9.66. The van der Waals surface area contributed by atoms with Crippen LogP contribution >= 0.6 is 10.7 Å². The van der Waals surface area contributed by atoms with E-state index in [4.69, 9.17) is 10.7 Å². The lowest BCUT2D eigenvalue weighted by Crippen LogP contribution is -2.69. The summed E-state index contributed by atoms with van der Waals surface area (Å²) in [6.45, 7) is 9.89. The summed E-state index contributed by atoms with van der Waals surface area (Å²) in [5.41, 5.74) is -0.495. The molecule has 0 radical (unpaired) electrons. The standard InChI is InChI=1S/C11H20ClNO3S/c1-7(2)8(3)9-11(4,5)10(14)13(9)6-17(12,15)16/h7-9H,6H2,1-5H3. The fourth-order valence-corrected chi connectivity index (χ4v) is 3.48. The molecule has 17 heavy (non-hydrogen) atoms. The van der Waals surface area contributed by atoms with E-state index in [1.807, 2.05) is 20.8 Å². The number of rotatable bonds is 4. The number of hydrogen-bond acceptors (Lipinski definition) is 3. The lowest BCUT2D eigenvalue weighted by molar-refractivity contribution is -0.171. The highest BCUT2D eigenvalue weighted by atomic mass is 35.7. The summed E-state index contributed by atoms with van der Waals surface area (Å²) in [7, 11) is 1.54. The molecule has 2 unspecified atom stereocenters. The van der Waals surface area contributed by atoms with E-state index in [1.54, 1.807) is 0 Å². The van der Waals surface area contributed by atoms with E-state index in [0.717, 1.165) is 0 Å². The van der Waals surface area contributed by atoms with E-state index in [2.05, 4.69) is 13.8 Å². The first-order valence-corrected chi connectivity index (χ1v) is 8.19. The van der Waals surface area contributed by atoms with Crippen LogP contribution in [-0.4, -0.2) is 31.1 Å². The van der Waals surface area contributed by atoms with Gasteiger partial charge in [0.2, 0.25) is 5.91 Å². The average Bonchev–Trinajstić information content (AvgIpc) is 2.13. The van der Waals surface area contributed by atoms with Crippen molar-refractivity contribution in [3.05, 3.63) is 0 Å². The normalized spacial score (nSPS) is 25.9. The summed E-state index contributed by atoms with van der Waals surface area (Å²) >= 11 is 0. The van der Waals surface area contributed by atoms with E-state index in [9.17, 15) is 13.2 Å². The molecule has 0 aromatic rings. The van der Waals surface area contributed by atoms with Gasteiger partial charge in [0.25, 0.3) is 9.05 Å². The highest BCUT2D eigenvalue weighted by Crippen LogP contribution is 2.44. The molecule has 0 aliphatic carbocycles. The molecule has 0 N–H and O–H groups in total. The van der Waals surface area contributed by atoms with Gasteiger partial charge in [0.05, 0.1) is 5.41 Å². The molecule has 0 bridgehead atoms. The maximum Gasteiger partial charge on any atom is 0.250 e. The Labute approximate surface area is 108 Å². The number of likely N-dealkylation sites (tertiary alicyclic amines) is 1. The molecule has 1 aliphatic rings. The SMILES string of the molecule is CC(C)C(C)C1N(CS(=O)(=O)Cl)C(=O)C1(C)C. The Hall–Kier alpha value is -0.290. The minimum Gasteiger partial charge on any atom is -0.322 e. The van der Waals surface area contributed by atoms with Crippen LogP contribution in [0.3, 0.4) is 0 Å². The van der Waals surface area contributed by atoms with Crippen molar-refractivity contribution in [2.45, 2.75) is 40.7 Å². The topological polar surface area (TPSA) is 54.5 Å². The third-order valence-electron chi connectivity index (χ3n) is 3.73. The van der Waals surface area contributed by atoms with Crippen LogP contribution in [0.4, 0.5) is 0 Å². The number of carbonyl (C=O) groups excluding carboxylic acids is 1. The molecule has 1 rings (SSSR count). The monoisotopic (exact) mass is 281 g/mol. The van der Waals surface area contributed by atoms with Gasteiger partial charge in [-0.2, -0.15) is 0 Å². The molecule has 2 atom stereocenters. The van der Waals surface area contributed by atoms with Gasteiger partial charge in [-0.3, -0.25) is 4.79 Å². The predicted octanol–water partition coefficient (Wildman–Crippen LogP) is 2.04. The first kappa shape index (κ1) is 14.8. The first-order chi connectivity index (χ1) is 7.48. The van der Waals surface area contributed by atoms with Crippen molar-refractivity contribution in [1.29, 1.82) is 0 Å². The van der Waals surface area contributed by atoms with Crippen molar-refractivity contribution < 1.29 is 13.2 Å². The van der Waals surface area contributed by atoms with E-state index in [1.165, 1.54) is 4.90 Å². The van der Waals surface area contributed by atoms with Gasteiger partial charge in [-0.1, -0.05) is 20.8 Å². The molecule has 6 heteroatoms. The zero-order valence-electron chi connectivity index (χ0n) is 10.9. The molecule has 1 heterocycles. The van der Waals surface area contributed by atoms with Gasteiger partial charge < -0.3 is 4.90 Å². The van der Waals surface area contributed by atoms with E-state index < -0.39 is 20.3 Å². The van der Waals surface area contributed by atoms with Crippen molar-refractivity contribution in [3.8, 4) is 0 Å². The summed E-state index contributed by atoms with van der Waals surface area (Å²) in [5.74, 6) is 0.0895. The van der Waals surface area contributed by atoms with Gasteiger partial charge in [-0.05, 0) is 25.7 Å². The minimum absolute atomic E-state index is 0.0662. The van der Waals surface area contributed by atoms with Gasteiger partial charge in [0.15, 0.2) is 0 Å². The Morgan fingerprint density at radius 3 is 2.18 bits per heavy atom. The Bertz CT molecular complexity index is 416. The lowest BCUT2D eigenvalue weighted by Gasteiger charge is -2.55. The van der Waals surface area contributed by atoms with Crippen LogP contribution in [-0.2, 0) is 13.8 Å². The molecule has 100 valence electrons. The summed E-state index contributed by atoms with van der Waals surface area (Å²) in [6.07, 6.45) is 0. The van der Waals surface area contributed by atoms with Crippen LogP contribution in [0, 0.1) is 17.3 Å². The van der Waals surface area contributed by atoms with Gasteiger partial charge in [0.1, 0.15) is 5.88 Å². The summed E-state index contributed by atoms with van der Waals surface area (Å²) in [5, 5.41) is 0. The van der Waals surface area contributed by atoms with E-state index >= 15 is 0 Å². The van der Waals surface area contributed by atoms with Gasteiger partial charge >= 0.3 is 0 Å². The zero-order chi connectivity index (χ0) is 13.6. The third-order valence-corrected chi connectivity index (χ3v) is 4.61. The number of halogens is 1. The van der Waals surface area contributed by atoms with Gasteiger partial charge in [-0.25, -0.2) is 8.42 Å². The number of amides is 1. The summed E-state index contributed by atoms with van der Waals surface area (Å²) in [4.78, 5) is 13.3. The molecule has 1 amide bonds. The maximum absolute atomic E-state index is 11.9. The third kappa shape index (κ3) is 2.76. The molecular formula is C11H20ClNO3S. The fourth-order valence-electron chi connectivity index (χ4n) is 2.56. The summed E-state index contributed by atoms with van der Waals surface area (Å²) < 4.78 is 22.2. The number of hydrogen-bond donors (Lipinski definition) is 0. The predicted molar refractivity (Wildman–Crippen MR) is 68.1 cm³/mol. The molecule has 1 fully saturated rings.